The van der Waals surface area contributed by atoms with Gasteiger partial charge in [0.05, 0.1) is 25.1 Å². The van der Waals surface area contributed by atoms with E-state index in [0.29, 0.717) is 24.8 Å². The zero-order valence-corrected chi connectivity index (χ0v) is 14.6. The van der Waals surface area contributed by atoms with Crippen LogP contribution in [0.25, 0.3) is 0 Å². The van der Waals surface area contributed by atoms with Crippen LogP contribution in [0, 0.1) is 25.6 Å². The normalized spacial score (nSPS) is 21.7. The standard InChI is InChI=1S/C19H21FN2O3/c1-12-18(9-21-13(2)22-12)25-11-19(8-16(19)10-24-14(3)23)15-5-4-6-17(20)7-15/h4-7,9,16H,8,10-11H2,1-3H3/t16?,19-/m1/s1. The third-order valence-electron chi connectivity index (χ3n) is 4.66. The van der Waals surface area contributed by atoms with Crippen molar-refractivity contribution in [2.75, 3.05) is 13.2 Å². The molecule has 0 spiro atoms. The lowest BCUT2D eigenvalue weighted by atomic mass is 9.94. The topological polar surface area (TPSA) is 61.3 Å². The molecule has 1 aromatic carbocycles. The van der Waals surface area contributed by atoms with E-state index in [1.54, 1.807) is 12.3 Å². The third kappa shape index (κ3) is 3.78. The minimum absolute atomic E-state index is 0.102. The number of rotatable bonds is 6. The van der Waals surface area contributed by atoms with Gasteiger partial charge in [-0.2, -0.15) is 0 Å². The quantitative estimate of drug-likeness (QED) is 0.754. The fraction of sp³-hybridized carbons (Fsp3) is 0.421. The molecule has 5 nitrogen and oxygen atoms in total. The summed E-state index contributed by atoms with van der Waals surface area (Å²) in [7, 11) is 0. The highest BCUT2D eigenvalue weighted by Gasteiger charge is 2.56. The van der Waals surface area contributed by atoms with E-state index in [0.717, 1.165) is 17.7 Å². The summed E-state index contributed by atoms with van der Waals surface area (Å²) >= 11 is 0. The van der Waals surface area contributed by atoms with Crippen molar-refractivity contribution in [3.63, 3.8) is 0 Å². The molecule has 0 amide bonds. The maximum Gasteiger partial charge on any atom is 0.302 e. The van der Waals surface area contributed by atoms with E-state index in [1.807, 2.05) is 19.9 Å². The van der Waals surface area contributed by atoms with Crippen LogP contribution >= 0.6 is 0 Å². The molecule has 1 unspecified atom stereocenters. The van der Waals surface area contributed by atoms with Gasteiger partial charge in [0.25, 0.3) is 0 Å². The Labute approximate surface area is 146 Å². The number of aromatic nitrogens is 2. The minimum Gasteiger partial charge on any atom is -0.489 e. The molecule has 0 bridgehead atoms. The first-order chi connectivity index (χ1) is 11.9. The molecule has 0 N–H and O–H groups in total. The van der Waals surface area contributed by atoms with Gasteiger partial charge >= 0.3 is 5.97 Å². The molecule has 1 heterocycles. The number of aryl methyl sites for hydroxylation is 2. The predicted octanol–water partition coefficient (Wildman–Crippen LogP) is 3.13. The van der Waals surface area contributed by atoms with E-state index in [9.17, 15) is 9.18 Å². The summed E-state index contributed by atoms with van der Waals surface area (Å²) in [6, 6.07) is 6.52. The summed E-state index contributed by atoms with van der Waals surface area (Å²) in [6.45, 7) is 5.73. The fourth-order valence-corrected chi connectivity index (χ4v) is 3.15. The van der Waals surface area contributed by atoms with Gasteiger partial charge in [0.2, 0.25) is 0 Å². The van der Waals surface area contributed by atoms with Crippen molar-refractivity contribution in [3.8, 4) is 5.75 Å². The van der Waals surface area contributed by atoms with Crippen molar-refractivity contribution < 1.29 is 18.7 Å². The Hall–Kier alpha value is -2.50. The third-order valence-corrected chi connectivity index (χ3v) is 4.66. The Morgan fingerprint density at radius 2 is 2.20 bits per heavy atom. The van der Waals surface area contributed by atoms with Crippen LogP contribution in [0.2, 0.25) is 0 Å². The second kappa shape index (κ2) is 6.78. The summed E-state index contributed by atoms with van der Waals surface area (Å²) in [5.74, 6) is 0.793. The number of nitrogens with zero attached hydrogens (tertiary/aromatic N) is 2. The van der Waals surface area contributed by atoms with Crippen LogP contribution in [0.3, 0.4) is 0 Å². The van der Waals surface area contributed by atoms with Crippen molar-refractivity contribution in [2.24, 2.45) is 5.92 Å². The largest absolute Gasteiger partial charge is 0.489 e. The lowest BCUT2D eigenvalue weighted by molar-refractivity contribution is -0.141. The molecule has 1 saturated carbocycles. The molecule has 25 heavy (non-hydrogen) atoms. The van der Waals surface area contributed by atoms with Crippen LogP contribution in [0.15, 0.2) is 30.5 Å². The lowest BCUT2D eigenvalue weighted by Crippen LogP contribution is -2.23. The van der Waals surface area contributed by atoms with Crippen LogP contribution in [-0.4, -0.2) is 29.2 Å². The van der Waals surface area contributed by atoms with Gasteiger partial charge in [0, 0.05) is 18.3 Å². The van der Waals surface area contributed by atoms with Crippen molar-refractivity contribution in [1.29, 1.82) is 0 Å². The molecule has 1 aromatic heterocycles. The highest BCUT2D eigenvalue weighted by molar-refractivity contribution is 5.66. The summed E-state index contributed by atoms with van der Waals surface area (Å²) < 4.78 is 24.8. The van der Waals surface area contributed by atoms with E-state index < -0.39 is 0 Å². The Bertz CT molecular complexity index is 796. The van der Waals surface area contributed by atoms with Crippen molar-refractivity contribution in [2.45, 2.75) is 32.6 Å². The van der Waals surface area contributed by atoms with Crippen LogP contribution < -0.4 is 4.74 Å². The number of esters is 1. The average molecular weight is 344 g/mol. The van der Waals surface area contributed by atoms with Crippen LogP contribution in [0.1, 0.15) is 30.4 Å². The van der Waals surface area contributed by atoms with Crippen molar-refractivity contribution >= 4 is 5.97 Å². The number of hydrogen-bond acceptors (Lipinski definition) is 5. The van der Waals surface area contributed by atoms with Crippen LogP contribution in [0.4, 0.5) is 4.39 Å². The van der Waals surface area contributed by atoms with Gasteiger partial charge in [-0.25, -0.2) is 14.4 Å². The lowest BCUT2D eigenvalue weighted by Gasteiger charge is -2.20. The summed E-state index contributed by atoms with van der Waals surface area (Å²) in [6.07, 6.45) is 2.43. The number of ether oxygens (including phenoxy) is 2. The van der Waals surface area contributed by atoms with Crippen molar-refractivity contribution in [1.82, 2.24) is 9.97 Å². The van der Waals surface area contributed by atoms with Crippen LogP contribution in [0.5, 0.6) is 5.75 Å². The molecule has 2 aromatic rings. The number of carbonyl (C=O) groups excluding carboxylic acids is 1. The molecule has 2 atom stereocenters. The second-order valence-corrected chi connectivity index (χ2v) is 6.53. The van der Waals surface area contributed by atoms with Gasteiger partial charge in [0.1, 0.15) is 11.6 Å². The summed E-state index contributed by atoms with van der Waals surface area (Å²) in [4.78, 5) is 19.6. The van der Waals surface area contributed by atoms with Crippen LogP contribution in [-0.2, 0) is 14.9 Å². The van der Waals surface area contributed by atoms with Gasteiger partial charge in [-0.3, -0.25) is 4.79 Å². The maximum absolute atomic E-state index is 13.7. The SMILES string of the molecule is CC(=O)OCC1C[C@@]1(COc1cnc(C)nc1C)c1cccc(F)c1. The fourth-order valence-electron chi connectivity index (χ4n) is 3.15. The number of halogens is 1. The molecule has 1 aliphatic carbocycles. The van der Waals surface area contributed by atoms with E-state index >= 15 is 0 Å². The van der Waals surface area contributed by atoms with E-state index in [-0.39, 0.29) is 23.1 Å². The Kier molecular flexibility index (Phi) is 4.70. The molecular weight excluding hydrogens is 323 g/mol. The Morgan fingerprint density at radius 1 is 1.40 bits per heavy atom. The first kappa shape index (κ1) is 17.3. The molecule has 0 radical (unpaired) electrons. The summed E-state index contributed by atoms with van der Waals surface area (Å²) in [5.41, 5.74) is 1.25. The molecule has 3 rings (SSSR count). The first-order valence-corrected chi connectivity index (χ1v) is 8.23. The monoisotopic (exact) mass is 344 g/mol. The van der Waals surface area contributed by atoms with E-state index in [2.05, 4.69) is 9.97 Å². The average Bonchev–Trinajstić information content (AvgIpc) is 3.27. The van der Waals surface area contributed by atoms with Gasteiger partial charge in [-0.1, -0.05) is 12.1 Å². The van der Waals surface area contributed by atoms with Gasteiger partial charge in [0.15, 0.2) is 5.75 Å². The van der Waals surface area contributed by atoms with Crippen molar-refractivity contribution in [3.05, 3.63) is 53.4 Å². The highest BCUT2D eigenvalue weighted by Crippen LogP contribution is 2.54. The Balaban J connectivity index is 1.79. The minimum atomic E-state index is -0.366. The molecular formula is C19H21FN2O3. The molecule has 0 saturated heterocycles. The smallest absolute Gasteiger partial charge is 0.302 e. The molecule has 1 fully saturated rings. The second-order valence-electron chi connectivity index (χ2n) is 6.53. The molecule has 0 aliphatic heterocycles. The van der Waals surface area contributed by atoms with E-state index in [4.69, 9.17) is 9.47 Å². The van der Waals surface area contributed by atoms with E-state index in [1.165, 1.54) is 19.1 Å². The predicted molar refractivity (Wildman–Crippen MR) is 89.8 cm³/mol. The highest BCUT2D eigenvalue weighted by atomic mass is 19.1. The van der Waals surface area contributed by atoms with Gasteiger partial charge < -0.3 is 9.47 Å². The summed E-state index contributed by atoms with van der Waals surface area (Å²) in [5, 5.41) is 0. The zero-order chi connectivity index (χ0) is 18.0. The molecule has 6 heteroatoms. The number of carbonyl (C=O) groups is 1. The molecule has 1 aliphatic rings. The Morgan fingerprint density at radius 3 is 2.88 bits per heavy atom. The zero-order valence-electron chi connectivity index (χ0n) is 14.6. The first-order valence-electron chi connectivity index (χ1n) is 8.23. The van der Waals surface area contributed by atoms with Gasteiger partial charge in [-0.15, -0.1) is 0 Å². The number of hydrogen-bond donors (Lipinski definition) is 0. The number of benzene rings is 1. The maximum atomic E-state index is 13.7. The van der Waals surface area contributed by atoms with Gasteiger partial charge in [-0.05, 0) is 38.0 Å². The molecule has 132 valence electrons.